The van der Waals surface area contributed by atoms with Crippen LogP contribution in [0.1, 0.15) is 5.56 Å². The molecule has 0 atom stereocenters. The van der Waals surface area contributed by atoms with Crippen LogP contribution in [0.3, 0.4) is 0 Å². The molecule has 0 aliphatic heterocycles. The van der Waals surface area contributed by atoms with Crippen LogP contribution in [-0.2, 0) is 0 Å². The Labute approximate surface area is 112 Å². The van der Waals surface area contributed by atoms with Gasteiger partial charge in [0.1, 0.15) is 0 Å². The number of pyridine rings is 2. The van der Waals surface area contributed by atoms with Crippen LogP contribution >= 0.6 is 0 Å². The number of hydrogen-bond donors (Lipinski definition) is 0. The molecule has 0 amide bonds. The van der Waals surface area contributed by atoms with E-state index in [1.165, 1.54) is 11.1 Å². The van der Waals surface area contributed by atoms with E-state index in [1.807, 2.05) is 24.4 Å². The number of aromatic nitrogens is 2. The lowest BCUT2D eigenvalue weighted by Crippen LogP contribution is -1.85. The first-order valence-electron chi connectivity index (χ1n) is 6.26. The molecule has 0 N–H and O–H groups in total. The topological polar surface area (TPSA) is 25.8 Å². The zero-order valence-electron chi connectivity index (χ0n) is 10.7. The molecule has 0 aliphatic carbocycles. The van der Waals surface area contributed by atoms with E-state index in [0.29, 0.717) is 0 Å². The summed E-state index contributed by atoms with van der Waals surface area (Å²) >= 11 is 0. The monoisotopic (exact) mass is 246 g/mol. The Balaban J connectivity index is 1.93. The summed E-state index contributed by atoms with van der Waals surface area (Å²) in [6.07, 6.45) is 5.48. The van der Waals surface area contributed by atoms with E-state index < -0.39 is 0 Å². The molecule has 2 heteroatoms. The molecule has 0 radical (unpaired) electrons. The second-order valence-electron chi connectivity index (χ2n) is 4.53. The molecule has 0 bridgehead atoms. The number of hydrogen-bond acceptors (Lipinski definition) is 2. The zero-order chi connectivity index (χ0) is 13.1. The summed E-state index contributed by atoms with van der Waals surface area (Å²) in [4.78, 5) is 8.54. The van der Waals surface area contributed by atoms with Crippen LogP contribution in [0.5, 0.6) is 0 Å². The van der Waals surface area contributed by atoms with Crippen LogP contribution in [0.4, 0.5) is 0 Å². The average molecular weight is 246 g/mol. The van der Waals surface area contributed by atoms with E-state index >= 15 is 0 Å². The number of rotatable bonds is 2. The molecule has 3 rings (SSSR count). The summed E-state index contributed by atoms with van der Waals surface area (Å²) in [5, 5.41) is 0. The fraction of sp³-hybridized carbons (Fsp3) is 0.0588. The Morgan fingerprint density at radius 1 is 0.684 bits per heavy atom. The molecule has 2 aromatic heterocycles. The van der Waals surface area contributed by atoms with Crippen molar-refractivity contribution in [3.8, 4) is 22.4 Å². The van der Waals surface area contributed by atoms with Gasteiger partial charge in [0.25, 0.3) is 0 Å². The van der Waals surface area contributed by atoms with Gasteiger partial charge in [-0.25, -0.2) is 0 Å². The quantitative estimate of drug-likeness (QED) is 0.679. The highest BCUT2D eigenvalue weighted by Gasteiger charge is 2.01. The minimum absolute atomic E-state index is 0.971. The molecule has 19 heavy (non-hydrogen) atoms. The Hall–Kier alpha value is -2.48. The second kappa shape index (κ2) is 5.02. The molecule has 0 aliphatic rings. The van der Waals surface area contributed by atoms with Crippen molar-refractivity contribution in [1.82, 2.24) is 9.97 Å². The fourth-order valence-electron chi connectivity index (χ4n) is 2.00. The van der Waals surface area contributed by atoms with Gasteiger partial charge in [0.15, 0.2) is 0 Å². The van der Waals surface area contributed by atoms with Gasteiger partial charge in [0.05, 0.1) is 5.69 Å². The molecule has 0 saturated carbocycles. The SMILES string of the molecule is Cc1ccc(-c2ccc(-c3ccncc3)nc2)cc1. The van der Waals surface area contributed by atoms with Crippen LogP contribution in [0.2, 0.25) is 0 Å². The standard InChI is InChI=1S/C17H14N2/c1-13-2-4-14(5-3-13)16-6-7-17(19-12-16)15-8-10-18-11-9-15/h2-12H,1H3. The Morgan fingerprint density at radius 3 is 2.00 bits per heavy atom. The number of aryl methyl sites for hydroxylation is 1. The second-order valence-corrected chi connectivity index (χ2v) is 4.53. The van der Waals surface area contributed by atoms with E-state index in [4.69, 9.17) is 0 Å². The summed E-state index contributed by atoms with van der Waals surface area (Å²) < 4.78 is 0. The van der Waals surface area contributed by atoms with Crippen molar-refractivity contribution < 1.29 is 0 Å². The molecule has 0 fully saturated rings. The van der Waals surface area contributed by atoms with Gasteiger partial charge in [-0.1, -0.05) is 35.9 Å². The maximum absolute atomic E-state index is 4.52. The van der Waals surface area contributed by atoms with Gasteiger partial charge < -0.3 is 0 Å². The number of benzene rings is 1. The van der Waals surface area contributed by atoms with E-state index in [-0.39, 0.29) is 0 Å². The van der Waals surface area contributed by atoms with Gasteiger partial charge in [-0.05, 0) is 30.7 Å². The largest absolute Gasteiger partial charge is 0.265 e. The minimum Gasteiger partial charge on any atom is -0.265 e. The predicted molar refractivity (Wildman–Crippen MR) is 77.6 cm³/mol. The smallest absolute Gasteiger partial charge is 0.0703 e. The van der Waals surface area contributed by atoms with Crippen molar-refractivity contribution in [1.29, 1.82) is 0 Å². The molecular weight excluding hydrogens is 232 g/mol. The van der Waals surface area contributed by atoms with E-state index in [0.717, 1.165) is 16.8 Å². The maximum Gasteiger partial charge on any atom is 0.0703 e. The highest BCUT2D eigenvalue weighted by atomic mass is 14.7. The van der Waals surface area contributed by atoms with E-state index in [2.05, 4.69) is 47.2 Å². The third-order valence-corrected chi connectivity index (χ3v) is 3.12. The van der Waals surface area contributed by atoms with Crippen molar-refractivity contribution in [3.63, 3.8) is 0 Å². The molecule has 0 saturated heterocycles. The van der Waals surface area contributed by atoms with Gasteiger partial charge in [0.2, 0.25) is 0 Å². The molecule has 0 spiro atoms. The van der Waals surface area contributed by atoms with Crippen molar-refractivity contribution >= 4 is 0 Å². The summed E-state index contributed by atoms with van der Waals surface area (Å²) in [6.45, 7) is 2.09. The number of nitrogens with zero attached hydrogens (tertiary/aromatic N) is 2. The van der Waals surface area contributed by atoms with Crippen LogP contribution in [0.15, 0.2) is 67.1 Å². The van der Waals surface area contributed by atoms with Crippen LogP contribution in [0, 0.1) is 6.92 Å². The van der Waals surface area contributed by atoms with Crippen molar-refractivity contribution in [2.75, 3.05) is 0 Å². The Kier molecular flexibility index (Phi) is 3.07. The lowest BCUT2D eigenvalue weighted by molar-refractivity contribution is 1.29. The van der Waals surface area contributed by atoms with Crippen LogP contribution in [0.25, 0.3) is 22.4 Å². The van der Waals surface area contributed by atoms with Gasteiger partial charge in [-0.2, -0.15) is 0 Å². The third-order valence-electron chi connectivity index (χ3n) is 3.12. The van der Waals surface area contributed by atoms with Gasteiger partial charge in [0, 0.05) is 29.7 Å². The Morgan fingerprint density at radius 2 is 1.37 bits per heavy atom. The highest BCUT2D eigenvalue weighted by molar-refractivity contribution is 5.66. The molecular formula is C17H14N2. The first-order valence-corrected chi connectivity index (χ1v) is 6.26. The lowest BCUT2D eigenvalue weighted by atomic mass is 10.0. The molecule has 1 aromatic carbocycles. The normalized spacial score (nSPS) is 10.4. The minimum atomic E-state index is 0.971. The average Bonchev–Trinajstić information content (AvgIpc) is 2.49. The highest BCUT2D eigenvalue weighted by Crippen LogP contribution is 2.22. The van der Waals surface area contributed by atoms with Crippen LogP contribution < -0.4 is 0 Å². The van der Waals surface area contributed by atoms with E-state index in [9.17, 15) is 0 Å². The van der Waals surface area contributed by atoms with Crippen LogP contribution in [-0.4, -0.2) is 9.97 Å². The summed E-state index contributed by atoms with van der Waals surface area (Å²) in [5.74, 6) is 0. The van der Waals surface area contributed by atoms with Gasteiger partial charge in [-0.3, -0.25) is 9.97 Å². The van der Waals surface area contributed by atoms with E-state index in [1.54, 1.807) is 12.4 Å². The van der Waals surface area contributed by atoms with Crippen molar-refractivity contribution in [2.45, 2.75) is 6.92 Å². The Bertz CT molecular complexity index is 656. The van der Waals surface area contributed by atoms with Crippen molar-refractivity contribution in [3.05, 3.63) is 72.7 Å². The summed E-state index contributed by atoms with van der Waals surface area (Å²) in [6, 6.07) is 16.6. The molecule has 92 valence electrons. The molecule has 2 heterocycles. The first-order chi connectivity index (χ1) is 9.33. The predicted octanol–water partition coefficient (Wildman–Crippen LogP) is 4.12. The summed E-state index contributed by atoms with van der Waals surface area (Å²) in [5.41, 5.74) is 5.66. The maximum atomic E-state index is 4.52. The summed E-state index contributed by atoms with van der Waals surface area (Å²) in [7, 11) is 0. The molecule has 0 unspecified atom stereocenters. The van der Waals surface area contributed by atoms with Gasteiger partial charge >= 0.3 is 0 Å². The molecule has 3 aromatic rings. The van der Waals surface area contributed by atoms with Crippen molar-refractivity contribution in [2.24, 2.45) is 0 Å². The van der Waals surface area contributed by atoms with Gasteiger partial charge in [-0.15, -0.1) is 0 Å². The fourth-order valence-corrected chi connectivity index (χ4v) is 2.00. The first kappa shape index (κ1) is 11.6. The molecule has 2 nitrogen and oxygen atoms in total. The zero-order valence-corrected chi connectivity index (χ0v) is 10.7. The third kappa shape index (κ3) is 2.52. The lowest BCUT2D eigenvalue weighted by Gasteiger charge is -2.04.